The van der Waals surface area contributed by atoms with Crippen LogP contribution >= 0.6 is 11.5 Å². The van der Waals surface area contributed by atoms with E-state index in [4.69, 9.17) is 0 Å². The summed E-state index contributed by atoms with van der Waals surface area (Å²) in [5.41, 5.74) is 0.0741. The average Bonchev–Trinajstić information content (AvgIpc) is 1.91. The molecular formula is C4H5ClNNaOS. The third kappa shape index (κ3) is 3.43. The minimum absolute atomic E-state index is 0. The average molecular weight is 174 g/mol. The molecule has 0 N–H and O–H groups in total. The van der Waals surface area contributed by atoms with Crippen LogP contribution in [0.2, 0.25) is 0 Å². The Morgan fingerprint density at radius 3 is 2.33 bits per heavy atom. The van der Waals surface area contributed by atoms with Crippen molar-refractivity contribution >= 4 is 11.5 Å². The van der Waals surface area contributed by atoms with Gasteiger partial charge in [0.25, 0.3) is 5.56 Å². The van der Waals surface area contributed by atoms with Crippen molar-refractivity contribution in [2.75, 3.05) is 0 Å². The Morgan fingerprint density at radius 2 is 2.22 bits per heavy atom. The fraction of sp³-hybridized carbons (Fsp3) is 0.250. The van der Waals surface area contributed by atoms with Crippen molar-refractivity contribution in [2.45, 2.75) is 0 Å². The summed E-state index contributed by atoms with van der Waals surface area (Å²) in [6.45, 7) is 0. The van der Waals surface area contributed by atoms with Crippen molar-refractivity contribution in [1.29, 1.82) is 0 Å². The van der Waals surface area contributed by atoms with E-state index in [1.807, 2.05) is 0 Å². The van der Waals surface area contributed by atoms with Crippen LogP contribution in [-0.2, 0) is 7.05 Å². The molecule has 0 spiro atoms. The molecule has 0 unspecified atom stereocenters. The minimum Gasteiger partial charge on any atom is -1.00 e. The van der Waals surface area contributed by atoms with Gasteiger partial charge in [-0.05, 0) is 0 Å². The van der Waals surface area contributed by atoms with Gasteiger partial charge in [0, 0.05) is 18.5 Å². The fourth-order valence-electron chi connectivity index (χ4n) is 0.337. The van der Waals surface area contributed by atoms with Crippen LogP contribution in [0.1, 0.15) is 0 Å². The van der Waals surface area contributed by atoms with Crippen LogP contribution < -0.4 is 47.5 Å². The molecule has 46 valence electrons. The molecule has 1 rings (SSSR count). The topological polar surface area (TPSA) is 22.0 Å². The van der Waals surface area contributed by atoms with Gasteiger partial charge in [0.05, 0.1) is 0 Å². The van der Waals surface area contributed by atoms with E-state index >= 15 is 0 Å². The maximum absolute atomic E-state index is 10.4. The number of aromatic nitrogens is 1. The minimum atomic E-state index is 0. The number of aryl methyl sites for hydroxylation is 1. The van der Waals surface area contributed by atoms with Crippen LogP contribution in [-0.4, -0.2) is 3.96 Å². The first-order valence-electron chi connectivity index (χ1n) is 1.92. The summed E-state index contributed by atoms with van der Waals surface area (Å²) in [6, 6.07) is 1.55. The molecule has 0 aliphatic rings. The number of hydrogen-bond acceptors (Lipinski definition) is 2. The smallest absolute Gasteiger partial charge is 1.00 e. The van der Waals surface area contributed by atoms with Crippen molar-refractivity contribution < 1.29 is 42.0 Å². The van der Waals surface area contributed by atoms with Crippen LogP contribution in [0, 0.1) is 0 Å². The van der Waals surface area contributed by atoms with E-state index < -0.39 is 0 Å². The second-order valence-electron chi connectivity index (χ2n) is 1.24. The molecule has 1 heterocycles. The van der Waals surface area contributed by atoms with Gasteiger partial charge in [0.15, 0.2) is 0 Å². The van der Waals surface area contributed by atoms with Crippen molar-refractivity contribution in [3.63, 3.8) is 0 Å². The van der Waals surface area contributed by atoms with Crippen LogP contribution in [0.4, 0.5) is 0 Å². The molecule has 0 aliphatic carbocycles. The normalized spacial score (nSPS) is 7.22. The van der Waals surface area contributed by atoms with Gasteiger partial charge in [-0.1, -0.05) is 11.5 Å². The summed E-state index contributed by atoms with van der Waals surface area (Å²) in [5.74, 6) is 0. The largest absolute Gasteiger partial charge is 1.00 e. The van der Waals surface area contributed by atoms with Crippen LogP contribution in [0.3, 0.4) is 0 Å². The Balaban J connectivity index is 0. The van der Waals surface area contributed by atoms with Crippen LogP contribution in [0.5, 0.6) is 0 Å². The van der Waals surface area contributed by atoms with Crippen LogP contribution in [0.15, 0.2) is 16.2 Å². The van der Waals surface area contributed by atoms with E-state index in [2.05, 4.69) is 0 Å². The molecule has 0 aliphatic heterocycles. The van der Waals surface area contributed by atoms with Crippen molar-refractivity contribution in [2.24, 2.45) is 7.05 Å². The molecule has 0 saturated heterocycles. The molecule has 0 aromatic carbocycles. The van der Waals surface area contributed by atoms with E-state index in [9.17, 15) is 4.79 Å². The predicted octanol–water partition coefficient (Wildman–Crippen LogP) is -5.55. The van der Waals surface area contributed by atoms with Crippen molar-refractivity contribution in [1.82, 2.24) is 3.96 Å². The quantitative estimate of drug-likeness (QED) is 0.359. The summed E-state index contributed by atoms with van der Waals surface area (Å²) in [7, 11) is 1.74. The zero-order chi connectivity index (χ0) is 5.28. The summed E-state index contributed by atoms with van der Waals surface area (Å²) < 4.78 is 1.57. The SMILES string of the molecule is Cn1sccc1=O.[Cl-].[Na+]. The summed E-state index contributed by atoms with van der Waals surface area (Å²) >= 11 is 1.41. The molecule has 5 heteroatoms. The summed E-state index contributed by atoms with van der Waals surface area (Å²) in [4.78, 5) is 10.4. The summed E-state index contributed by atoms with van der Waals surface area (Å²) in [5, 5.41) is 1.77. The summed E-state index contributed by atoms with van der Waals surface area (Å²) in [6.07, 6.45) is 0. The van der Waals surface area contributed by atoms with E-state index in [-0.39, 0.29) is 47.5 Å². The number of nitrogens with zero attached hydrogens (tertiary/aromatic N) is 1. The standard InChI is InChI=1S/C4H5NOS.ClH.Na/c1-5-4(6)2-3-7-5;;/h2-3H,1H3;1H;/q;;+1/p-1. The molecule has 0 bridgehead atoms. The van der Waals surface area contributed by atoms with E-state index in [0.29, 0.717) is 0 Å². The van der Waals surface area contributed by atoms with Gasteiger partial charge in [-0.3, -0.25) is 8.75 Å². The third-order valence-electron chi connectivity index (χ3n) is 0.740. The molecular weight excluding hydrogens is 169 g/mol. The Morgan fingerprint density at radius 1 is 1.67 bits per heavy atom. The Hall–Kier alpha value is 0.720. The molecule has 1 aromatic rings. The van der Waals surface area contributed by atoms with Crippen molar-refractivity contribution in [3.8, 4) is 0 Å². The monoisotopic (exact) mass is 173 g/mol. The first-order chi connectivity index (χ1) is 3.30. The molecule has 0 atom stereocenters. The van der Waals surface area contributed by atoms with Gasteiger partial charge in [0.1, 0.15) is 0 Å². The van der Waals surface area contributed by atoms with E-state index in [1.165, 1.54) is 11.5 Å². The Kier molecular flexibility index (Phi) is 7.58. The van der Waals surface area contributed by atoms with Gasteiger partial charge in [0.2, 0.25) is 0 Å². The van der Waals surface area contributed by atoms with Gasteiger partial charge in [-0.2, -0.15) is 0 Å². The molecule has 1 aromatic heterocycles. The number of halogens is 1. The first-order valence-corrected chi connectivity index (χ1v) is 2.75. The van der Waals surface area contributed by atoms with Gasteiger partial charge in [-0.15, -0.1) is 0 Å². The Bertz CT molecular complexity index is 208. The number of rotatable bonds is 0. The molecule has 9 heavy (non-hydrogen) atoms. The second kappa shape index (κ2) is 5.50. The van der Waals surface area contributed by atoms with Crippen molar-refractivity contribution in [3.05, 3.63) is 21.8 Å². The van der Waals surface area contributed by atoms with Gasteiger partial charge < -0.3 is 12.4 Å². The number of hydrogen-bond donors (Lipinski definition) is 0. The molecule has 0 amide bonds. The molecule has 0 radical (unpaired) electrons. The van der Waals surface area contributed by atoms with Gasteiger partial charge >= 0.3 is 29.6 Å². The molecule has 0 saturated carbocycles. The van der Waals surface area contributed by atoms with E-state index in [1.54, 1.807) is 22.5 Å². The molecule has 0 fully saturated rings. The third-order valence-corrected chi connectivity index (χ3v) is 1.49. The Labute approximate surface area is 85.7 Å². The maximum Gasteiger partial charge on any atom is 1.00 e. The van der Waals surface area contributed by atoms with Gasteiger partial charge in [-0.25, -0.2) is 0 Å². The molecule has 2 nitrogen and oxygen atoms in total. The maximum atomic E-state index is 10.4. The first kappa shape index (κ1) is 12.4. The zero-order valence-corrected chi connectivity index (χ0v) is 8.87. The zero-order valence-electron chi connectivity index (χ0n) is 5.30. The van der Waals surface area contributed by atoms with E-state index in [0.717, 1.165) is 0 Å². The second-order valence-corrected chi connectivity index (χ2v) is 2.27. The van der Waals surface area contributed by atoms with Crippen LogP contribution in [0.25, 0.3) is 0 Å². The fourth-order valence-corrected chi connectivity index (χ4v) is 0.861. The predicted molar refractivity (Wildman–Crippen MR) is 29.6 cm³/mol.